The van der Waals surface area contributed by atoms with Crippen molar-refractivity contribution in [3.05, 3.63) is 18.0 Å². The van der Waals surface area contributed by atoms with Crippen LogP contribution in [0.4, 0.5) is 5.95 Å². The maximum atomic E-state index is 6.55. The lowest BCUT2D eigenvalue weighted by Gasteiger charge is -2.44. The van der Waals surface area contributed by atoms with Crippen LogP contribution in [0.1, 0.15) is 32.8 Å². The van der Waals surface area contributed by atoms with Crippen LogP contribution in [0, 0.1) is 6.92 Å². The summed E-state index contributed by atoms with van der Waals surface area (Å²) in [6, 6.07) is 0.0934. The number of piperidine rings is 1. The van der Waals surface area contributed by atoms with Gasteiger partial charge in [-0.15, -0.1) is 0 Å². The second-order valence-corrected chi connectivity index (χ2v) is 12.6. The molecule has 0 radical (unpaired) electrons. The van der Waals surface area contributed by atoms with Gasteiger partial charge in [0.15, 0.2) is 8.32 Å². The fourth-order valence-corrected chi connectivity index (χ4v) is 3.71. The van der Waals surface area contributed by atoms with Crippen molar-refractivity contribution in [2.75, 3.05) is 18.0 Å². The van der Waals surface area contributed by atoms with Gasteiger partial charge in [0.25, 0.3) is 0 Å². The van der Waals surface area contributed by atoms with Crippen LogP contribution in [-0.2, 0) is 4.43 Å². The molecule has 1 fully saturated rings. The van der Waals surface area contributed by atoms with Crippen LogP contribution in [0.15, 0.2) is 12.4 Å². The Balaban J connectivity index is 2.10. The summed E-state index contributed by atoms with van der Waals surface area (Å²) in [5.74, 6) is 0.779. The zero-order valence-electron chi connectivity index (χ0n) is 14.8. The third kappa shape index (κ3) is 3.85. The smallest absolute Gasteiger partial charge is 0.225 e. The highest BCUT2D eigenvalue weighted by atomic mass is 28.4. The Bertz CT molecular complexity index is 498. The molecule has 22 heavy (non-hydrogen) atoms. The zero-order valence-corrected chi connectivity index (χ0v) is 15.8. The average molecular weight is 323 g/mol. The highest BCUT2D eigenvalue weighted by Crippen LogP contribution is 2.38. The van der Waals surface area contributed by atoms with Gasteiger partial charge in [-0.3, -0.25) is 0 Å². The highest BCUT2D eigenvalue weighted by molar-refractivity contribution is 6.74. The zero-order chi connectivity index (χ0) is 16.5. The van der Waals surface area contributed by atoms with Crippen molar-refractivity contribution < 1.29 is 4.43 Å². The van der Waals surface area contributed by atoms with Crippen molar-refractivity contribution in [3.63, 3.8) is 0 Å². The Labute approximate surface area is 135 Å². The summed E-state index contributed by atoms with van der Waals surface area (Å²) in [5, 5.41) is 0.190. The Hall–Kier alpha value is -0.983. The topological polar surface area (TPSA) is 64.3 Å². The van der Waals surface area contributed by atoms with Crippen LogP contribution in [0.5, 0.6) is 0 Å². The fourth-order valence-electron chi connectivity index (χ4n) is 2.35. The van der Waals surface area contributed by atoms with Crippen molar-refractivity contribution in [1.29, 1.82) is 0 Å². The first-order valence-corrected chi connectivity index (χ1v) is 11.0. The molecule has 0 bridgehead atoms. The lowest BCUT2D eigenvalue weighted by Crippen LogP contribution is -2.57. The number of nitrogens with two attached hydrogens (primary N) is 1. The van der Waals surface area contributed by atoms with E-state index < -0.39 is 8.32 Å². The van der Waals surface area contributed by atoms with E-state index in [1.54, 1.807) is 0 Å². The Kier molecular flexibility index (Phi) is 4.94. The molecular weight excluding hydrogens is 292 g/mol. The normalized spacial score (nSPS) is 23.7. The van der Waals surface area contributed by atoms with Crippen LogP contribution < -0.4 is 10.6 Å². The van der Waals surface area contributed by atoms with Gasteiger partial charge in [0.05, 0.1) is 6.10 Å². The first-order chi connectivity index (χ1) is 10.1. The summed E-state index contributed by atoms with van der Waals surface area (Å²) < 4.78 is 6.55. The minimum Gasteiger partial charge on any atom is -0.411 e. The van der Waals surface area contributed by atoms with Crippen molar-refractivity contribution in [2.45, 2.75) is 64.4 Å². The average Bonchev–Trinajstić information content (AvgIpc) is 2.41. The molecule has 0 amide bonds. The van der Waals surface area contributed by atoms with Gasteiger partial charge in [-0.1, -0.05) is 20.8 Å². The lowest BCUT2D eigenvalue weighted by atomic mass is 10.0. The number of aryl methyl sites for hydroxylation is 1. The number of hydrogen-bond donors (Lipinski definition) is 1. The maximum absolute atomic E-state index is 6.55. The molecule has 0 spiro atoms. The molecule has 1 aromatic heterocycles. The highest BCUT2D eigenvalue weighted by Gasteiger charge is 2.41. The van der Waals surface area contributed by atoms with Crippen LogP contribution in [0.3, 0.4) is 0 Å². The minimum absolute atomic E-state index is 0.0551. The summed E-state index contributed by atoms with van der Waals surface area (Å²) >= 11 is 0. The second kappa shape index (κ2) is 6.26. The monoisotopic (exact) mass is 322 g/mol. The van der Waals surface area contributed by atoms with Crippen LogP contribution >= 0.6 is 0 Å². The predicted octanol–water partition coefficient (Wildman–Crippen LogP) is 2.71. The molecule has 2 atom stereocenters. The first kappa shape index (κ1) is 17.4. The fraction of sp³-hybridized carbons (Fsp3) is 0.750. The Morgan fingerprint density at radius 1 is 1.27 bits per heavy atom. The molecule has 0 aromatic carbocycles. The van der Waals surface area contributed by atoms with Crippen molar-refractivity contribution in [3.8, 4) is 0 Å². The molecule has 5 nitrogen and oxygen atoms in total. The van der Waals surface area contributed by atoms with E-state index in [9.17, 15) is 0 Å². The van der Waals surface area contributed by atoms with E-state index in [0.717, 1.165) is 31.0 Å². The molecule has 1 saturated heterocycles. The molecule has 6 heteroatoms. The SMILES string of the molecule is Cc1cnc(N2CC[C@H](N)[C@@H](O[Si](C)(C)C(C)(C)C)C2)nc1. The van der Waals surface area contributed by atoms with Gasteiger partial charge < -0.3 is 15.1 Å². The molecular formula is C16H30N4OSi. The molecule has 2 rings (SSSR count). The molecule has 124 valence electrons. The van der Waals surface area contributed by atoms with Gasteiger partial charge in [0.2, 0.25) is 5.95 Å². The number of anilines is 1. The van der Waals surface area contributed by atoms with Gasteiger partial charge in [-0.05, 0) is 37.0 Å². The van der Waals surface area contributed by atoms with E-state index in [2.05, 4.69) is 48.7 Å². The van der Waals surface area contributed by atoms with Crippen LogP contribution in [-0.4, -0.2) is 43.5 Å². The first-order valence-electron chi connectivity index (χ1n) is 8.07. The van der Waals surface area contributed by atoms with E-state index >= 15 is 0 Å². The van der Waals surface area contributed by atoms with Gasteiger partial charge in [-0.25, -0.2) is 9.97 Å². The Morgan fingerprint density at radius 2 is 1.86 bits per heavy atom. The molecule has 1 aromatic rings. The summed E-state index contributed by atoms with van der Waals surface area (Å²) in [4.78, 5) is 11.1. The summed E-state index contributed by atoms with van der Waals surface area (Å²) in [5.41, 5.74) is 7.40. The summed E-state index contributed by atoms with van der Waals surface area (Å²) in [7, 11) is -1.82. The van der Waals surface area contributed by atoms with Gasteiger partial charge in [0, 0.05) is 31.5 Å². The second-order valence-electron chi connectivity index (χ2n) is 7.88. The van der Waals surface area contributed by atoms with E-state index in [0.29, 0.717) is 0 Å². The van der Waals surface area contributed by atoms with E-state index in [1.807, 2.05) is 19.3 Å². The summed E-state index contributed by atoms with van der Waals surface area (Å²) in [6.07, 6.45) is 4.69. The number of hydrogen-bond acceptors (Lipinski definition) is 5. The molecule has 1 aliphatic heterocycles. The van der Waals surface area contributed by atoms with Crippen molar-refractivity contribution in [1.82, 2.24) is 9.97 Å². The third-order valence-electron chi connectivity index (χ3n) is 4.91. The molecule has 2 heterocycles. The number of aromatic nitrogens is 2. The van der Waals surface area contributed by atoms with Crippen LogP contribution in [0.25, 0.3) is 0 Å². The summed E-state index contributed by atoms with van der Waals surface area (Å²) in [6.45, 7) is 15.0. The third-order valence-corrected chi connectivity index (χ3v) is 9.42. The molecule has 0 aliphatic carbocycles. The van der Waals surface area contributed by atoms with Crippen molar-refractivity contribution >= 4 is 14.3 Å². The number of rotatable bonds is 3. The van der Waals surface area contributed by atoms with E-state index in [4.69, 9.17) is 10.2 Å². The number of nitrogens with zero attached hydrogens (tertiary/aromatic N) is 3. The maximum Gasteiger partial charge on any atom is 0.225 e. The molecule has 0 unspecified atom stereocenters. The minimum atomic E-state index is -1.82. The van der Waals surface area contributed by atoms with Crippen LogP contribution in [0.2, 0.25) is 18.1 Å². The van der Waals surface area contributed by atoms with Crippen molar-refractivity contribution in [2.24, 2.45) is 5.73 Å². The van der Waals surface area contributed by atoms with E-state index in [-0.39, 0.29) is 17.2 Å². The Morgan fingerprint density at radius 3 is 2.41 bits per heavy atom. The standard InChI is InChI=1S/C16H30N4OSi/c1-12-9-18-15(19-10-12)20-8-7-13(17)14(11-20)21-22(5,6)16(2,3)4/h9-10,13-14H,7-8,11,17H2,1-6H3/t13-,14-/m0/s1. The molecule has 1 aliphatic rings. The van der Waals surface area contributed by atoms with Gasteiger partial charge in [0.1, 0.15) is 0 Å². The quantitative estimate of drug-likeness (QED) is 0.867. The van der Waals surface area contributed by atoms with Gasteiger partial charge >= 0.3 is 0 Å². The van der Waals surface area contributed by atoms with E-state index in [1.165, 1.54) is 0 Å². The predicted molar refractivity (Wildman–Crippen MR) is 93.6 cm³/mol. The van der Waals surface area contributed by atoms with Gasteiger partial charge in [-0.2, -0.15) is 0 Å². The molecule has 2 N–H and O–H groups in total. The molecule has 0 saturated carbocycles. The largest absolute Gasteiger partial charge is 0.411 e. The lowest BCUT2D eigenvalue weighted by molar-refractivity contribution is 0.139.